The van der Waals surface area contributed by atoms with Crippen LogP contribution in [-0.2, 0) is 0 Å². The Kier molecular flexibility index (Phi) is 5.17. The van der Waals surface area contributed by atoms with E-state index in [9.17, 15) is 0 Å². The number of hydrogen-bond donors (Lipinski definition) is 1. The highest BCUT2D eigenvalue weighted by Gasteiger charge is 2.11. The van der Waals surface area contributed by atoms with Crippen LogP contribution in [0.15, 0.2) is 150 Å². The van der Waals surface area contributed by atoms with Crippen LogP contribution in [0.25, 0.3) is 65.7 Å². The van der Waals surface area contributed by atoms with E-state index in [4.69, 9.17) is 4.42 Å². The summed E-state index contributed by atoms with van der Waals surface area (Å²) in [6.45, 7) is 0. The molecular weight excluding hydrogens is 486 g/mol. The summed E-state index contributed by atoms with van der Waals surface area (Å²) in [5, 5.41) is 10.9. The molecule has 40 heavy (non-hydrogen) atoms. The molecule has 1 heterocycles. The largest absolute Gasteiger partial charge is 0.456 e. The SMILES string of the molecule is c1ccc2c(-c3cccc4c(-c5ccc(Nc6ccc7oc8ccccc8c7c6)cc5)cccc34)cccc2c1. The summed E-state index contributed by atoms with van der Waals surface area (Å²) < 4.78 is 5.99. The maximum absolute atomic E-state index is 5.99. The van der Waals surface area contributed by atoms with E-state index in [2.05, 4.69) is 133 Å². The number of furan rings is 1. The highest BCUT2D eigenvalue weighted by Crippen LogP contribution is 2.38. The average molecular weight is 512 g/mol. The normalized spacial score (nSPS) is 11.5. The summed E-state index contributed by atoms with van der Waals surface area (Å²) in [4.78, 5) is 0. The molecule has 188 valence electrons. The molecule has 0 unspecified atom stereocenters. The highest BCUT2D eigenvalue weighted by atomic mass is 16.3. The molecule has 0 bridgehead atoms. The first-order valence-electron chi connectivity index (χ1n) is 13.6. The van der Waals surface area contributed by atoms with Crippen LogP contribution in [0.1, 0.15) is 0 Å². The molecule has 0 saturated heterocycles. The summed E-state index contributed by atoms with van der Waals surface area (Å²) in [5.41, 5.74) is 8.86. The van der Waals surface area contributed by atoms with Crippen LogP contribution in [0.5, 0.6) is 0 Å². The lowest BCUT2D eigenvalue weighted by atomic mass is 9.91. The van der Waals surface area contributed by atoms with Gasteiger partial charge >= 0.3 is 0 Å². The van der Waals surface area contributed by atoms with Crippen molar-refractivity contribution in [3.63, 3.8) is 0 Å². The lowest BCUT2D eigenvalue weighted by Gasteiger charge is -2.14. The third-order valence-electron chi connectivity index (χ3n) is 7.86. The smallest absolute Gasteiger partial charge is 0.135 e. The molecule has 1 aromatic heterocycles. The van der Waals surface area contributed by atoms with Crippen LogP contribution in [-0.4, -0.2) is 0 Å². The maximum atomic E-state index is 5.99. The van der Waals surface area contributed by atoms with Crippen LogP contribution >= 0.6 is 0 Å². The fourth-order valence-electron chi connectivity index (χ4n) is 5.96. The highest BCUT2D eigenvalue weighted by molar-refractivity contribution is 6.09. The predicted molar refractivity (Wildman–Crippen MR) is 169 cm³/mol. The van der Waals surface area contributed by atoms with Gasteiger partial charge in [0, 0.05) is 22.1 Å². The first-order valence-corrected chi connectivity index (χ1v) is 13.6. The van der Waals surface area contributed by atoms with Crippen LogP contribution in [0.2, 0.25) is 0 Å². The van der Waals surface area contributed by atoms with E-state index in [1.165, 1.54) is 43.8 Å². The molecule has 0 aliphatic rings. The molecule has 1 N–H and O–H groups in total. The molecule has 0 amide bonds. The number of benzene rings is 7. The minimum Gasteiger partial charge on any atom is -0.456 e. The fourth-order valence-corrected chi connectivity index (χ4v) is 5.96. The van der Waals surface area contributed by atoms with E-state index in [-0.39, 0.29) is 0 Å². The van der Waals surface area contributed by atoms with Gasteiger partial charge in [-0.1, -0.05) is 109 Å². The molecule has 0 radical (unpaired) electrons. The second-order valence-electron chi connectivity index (χ2n) is 10.2. The van der Waals surface area contributed by atoms with Crippen molar-refractivity contribution in [2.75, 3.05) is 5.32 Å². The number of para-hydroxylation sites is 1. The van der Waals surface area contributed by atoms with Crippen LogP contribution < -0.4 is 5.32 Å². The van der Waals surface area contributed by atoms with Gasteiger partial charge in [0.2, 0.25) is 0 Å². The third kappa shape index (κ3) is 3.73. The van der Waals surface area contributed by atoms with E-state index in [0.717, 1.165) is 33.3 Å². The van der Waals surface area contributed by atoms with Crippen molar-refractivity contribution in [3.8, 4) is 22.3 Å². The standard InChI is InChI=1S/C38H25NO/c1-2-10-29-25(8-1)9-5-13-31(29)34-16-7-14-32-30(12-6-15-33(32)34)26-18-20-27(21-19-26)39-28-22-23-38-36(24-28)35-11-3-4-17-37(35)40-38/h1-24,39H. The molecule has 0 spiro atoms. The lowest BCUT2D eigenvalue weighted by molar-refractivity contribution is 0.669. The van der Waals surface area contributed by atoms with Crippen molar-refractivity contribution in [2.45, 2.75) is 0 Å². The topological polar surface area (TPSA) is 25.2 Å². The number of anilines is 2. The van der Waals surface area contributed by atoms with E-state index in [1.54, 1.807) is 0 Å². The number of rotatable bonds is 4. The average Bonchev–Trinajstić information content (AvgIpc) is 3.39. The summed E-state index contributed by atoms with van der Waals surface area (Å²) in [6, 6.07) is 51.6. The molecule has 2 heteroatoms. The van der Waals surface area contributed by atoms with Gasteiger partial charge in [-0.2, -0.15) is 0 Å². The minimum absolute atomic E-state index is 0.904. The number of hydrogen-bond acceptors (Lipinski definition) is 2. The van der Waals surface area contributed by atoms with Gasteiger partial charge in [-0.25, -0.2) is 0 Å². The lowest BCUT2D eigenvalue weighted by Crippen LogP contribution is -1.90. The van der Waals surface area contributed by atoms with Gasteiger partial charge in [-0.15, -0.1) is 0 Å². The van der Waals surface area contributed by atoms with Gasteiger partial charge in [0.15, 0.2) is 0 Å². The van der Waals surface area contributed by atoms with Crippen LogP contribution in [0.3, 0.4) is 0 Å². The first-order chi connectivity index (χ1) is 19.8. The molecule has 8 rings (SSSR count). The van der Waals surface area contributed by atoms with Gasteiger partial charge < -0.3 is 9.73 Å². The van der Waals surface area contributed by atoms with Crippen molar-refractivity contribution in [2.24, 2.45) is 0 Å². The van der Waals surface area contributed by atoms with E-state index < -0.39 is 0 Å². The zero-order valence-electron chi connectivity index (χ0n) is 21.8. The Morgan fingerprint density at radius 1 is 0.375 bits per heavy atom. The second kappa shape index (κ2) is 9.14. The summed E-state index contributed by atoms with van der Waals surface area (Å²) in [5.74, 6) is 0. The molecule has 0 saturated carbocycles. The van der Waals surface area contributed by atoms with Crippen molar-refractivity contribution >= 4 is 54.9 Å². The molecule has 0 atom stereocenters. The molecule has 7 aromatic carbocycles. The van der Waals surface area contributed by atoms with Crippen molar-refractivity contribution in [3.05, 3.63) is 146 Å². The first kappa shape index (κ1) is 22.6. The van der Waals surface area contributed by atoms with Gasteiger partial charge in [-0.05, 0) is 80.2 Å². The second-order valence-corrected chi connectivity index (χ2v) is 10.2. The summed E-state index contributed by atoms with van der Waals surface area (Å²) >= 11 is 0. The zero-order valence-corrected chi connectivity index (χ0v) is 21.8. The Morgan fingerprint density at radius 2 is 0.950 bits per heavy atom. The van der Waals surface area contributed by atoms with E-state index in [1.807, 2.05) is 18.2 Å². The molecule has 2 nitrogen and oxygen atoms in total. The predicted octanol–water partition coefficient (Wildman–Crippen LogP) is 11.0. The van der Waals surface area contributed by atoms with E-state index >= 15 is 0 Å². The summed E-state index contributed by atoms with van der Waals surface area (Å²) in [7, 11) is 0. The Bertz CT molecular complexity index is 2180. The van der Waals surface area contributed by atoms with Crippen LogP contribution in [0, 0.1) is 0 Å². The maximum Gasteiger partial charge on any atom is 0.135 e. The van der Waals surface area contributed by atoms with Gasteiger partial charge in [0.25, 0.3) is 0 Å². The minimum atomic E-state index is 0.904. The van der Waals surface area contributed by atoms with Crippen molar-refractivity contribution in [1.82, 2.24) is 0 Å². The van der Waals surface area contributed by atoms with E-state index in [0.29, 0.717) is 0 Å². The third-order valence-corrected chi connectivity index (χ3v) is 7.86. The van der Waals surface area contributed by atoms with Crippen molar-refractivity contribution in [1.29, 1.82) is 0 Å². The van der Waals surface area contributed by atoms with Gasteiger partial charge in [0.1, 0.15) is 11.2 Å². The molecule has 8 aromatic rings. The Labute approximate surface area is 232 Å². The molecule has 0 aliphatic heterocycles. The molecular formula is C38H25NO. The van der Waals surface area contributed by atoms with Crippen molar-refractivity contribution < 1.29 is 4.42 Å². The Balaban J connectivity index is 1.15. The van der Waals surface area contributed by atoms with Gasteiger partial charge in [-0.3, -0.25) is 0 Å². The quantitative estimate of drug-likeness (QED) is 0.254. The molecule has 0 fully saturated rings. The number of fused-ring (bicyclic) bond motifs is 5. The fraction of sp³-hybridized carbons (Fsp3) is 0. The monoisotopic (exact) mass is 511 g/mol. The van der Waals surface area contributed by atoms with Crippen LogP contribution in [0.4, 0.5) is 11.4 Å². The molecule has 0 aliphatic carbocycles. The number of nitrogens with one attached hydrogen (secondary N) is 1. The summed E-state index contributed by atoms with van der Waals surface area (Å²) in [6.07, 6.45) is 0. The Hall–Kier alpha value is -5.34. The van der Waals surface area contributed by atoms with Gasteiger partial charge in [0.05, 0.1) is 0 Å². The zero-order chi connectivity index (χ0) is 26.5. The Morgan fingerprint density at radius 3 is 1.80 bits per heavy atom.